The van der Waals surface area contributed by atoms with E-state index in [1.807, 2.05) is 0 Å². The molecule has 0 bridgehead atoms. The van der Waals surface area contributed by atoms with Crippen LogP contribution in [0.1, 0.15) is 32.7 Å². The molecule has 1 aliphatic rings. The molecule has 1 atom stereocenters. The van der Waals surface area contributed by atoms with Gasteiger partial charge in [0, 0.05) is 35.6 Å². The molecule has 1 amide bonds. The summed E-state index contributed by atoms with van der Waals surface area (Å²) in [5, 5.41) is 8.99. The van der Waals surface area contributed by atoms with Gasteiger partial charge in [0.1, 0.15) is 0 Å². The molecule has 0 saturated carbocycles. The molecule has 1 fully saturated rings. The number of carboxylic acids is 1. The molecule has 0 aliphatic carbocycles. The maximum Gasteiger partial charge on any atom is 0.305 e. The molecule has 1 saturated heterocycles. The van der Waals surface area contributed by atoms with Crippen molar-refractivity contribution in [2.45, 2.75) is 12.5 Å². The van der Waals surface area contributed by atoms with E-state index in [-0.39, 0.29) is 24.7 Å². The van der Waals surface area contributed by atoms with Gasteiger partial charge < -0.3 is 19.7 Å². The van der Waals surface area contributed by atoms with Gasteiger partial charge in [-0.1, -0.05) is 12.1 Å². The number of aromatic nitrogens is 1. The summed E-state index contributed by atoms with van der Waals surface area (Å²) in [5.41, 5.74) is 1.46. The Balaban J connectivity index is 1.75. The summed E-state index contributed by atoms with van der Waals surface area (Å²) in [6.07, 6.45) is 3.13. The number of ether oxygens (including phenoxy) is 1. The molecule has 0 spiro atoms. The predicted molar refractivity (Wildman–Crippen MR) is 88.6 cm³/mol. The molecule has 2 N–H and O–H groups in total. The Kier molecular flexibility index (Phi) is 4.95. The van der Waals surface area contributed by atoms with E-state index >= 15 is 0 Å². The fourth-order valence-corrected chi connectivity index (χ4v) is 2.85. The largest absolute Gasteiger partial charge is 0.481 e. The molecule has 1 aromatic carbocycles. The summed E-state index contributed by atoms with van der Waals surface area (Å²) in [4.78, 5) is 40.3. The lowest BCUT2D eigenvalue weighted by Gasteiger charge is -2.34. The van der Waals surface area contributed by atoms with Crippen LogP contribution in [-0.2, 0) is 9.53 Å². The molecular formula is C18H18N2O5. The predicted octanol–water partition coefficient (Wildman–Crippen LogP) is 1.56. The van der Waals surface area contributed by atoms with E-state index in [1.165, 1.54) is 4.90 Å². The van der Waals surface area contributed by atoms with Crippen LogP contribution < -0.4 is 0 Å². The Morgan fingerprint density at radius 1 is 1.12 bits per heavy atom. The van der Waals surface area contributed by atoms with Crippen molar-refractivity contribution in [3.8, 4) is 0 Å². The third-order valence-corrected chi connectivity index (χ3v) is 4.15. The molecule has 0 radical (unpaired) electrons. The number of H-pyrrole nitrogens is 1. The number of benzene rings is 1. The number of nitrogens with zero attached hydrogens (tertiary/aromatic N) is 1. The van der Waals surface area contributed by atoms with E-state index < -0.39 is 12.0 Å². The zero-order chi connectivity index (χ0) is 17.8. The minimum Gasteiger partial charge on any atom is -0.481 e. The lowest BCUT2D eigenvalue weighted by atomic mass is 10.0. The smallest absolute Gasteiger partial charge is 0.305 e. The normalized spacial score (nSPS) is 17.3. The summed E-state index contributed by atoms with van der Waals surface area (Å²) < 4.78 is 5.29. The molecule has 7 nitrogen and oxygen atoms in total. The molecule has 0 unspecified atom stereocenters. The highest BCUT2D eigenvalue weighted by atomic mass is 16.5. The van der Waals surface area contributed by atoms with E-state index in [2.05, 4.69) is 4.98 Å². The maximum absolute atomic E-state index is 12.7. The highest BCUT2D eigenvalue weighted by Gasteiger charge is 2.29. The monoisotopic (exact) mass is 342 g/mol. The Labute approximate surface area is 144 Å². The van der Waals surface area contributed by atoms with Gasteiger partial charge in [-0.25, -0.2) is 0 Å². The molecule has 2 aromatic rings. The molecule has 2 heterocycles. The first-order valence-electron chi connectivity index (χ1n) is 7.94. The molecule has 130 valence electrons. The van der Waals surface area contributed by atoms with Crippen molar-refractivity contribution in [1.82, 2.24) is 9.88 Å². The van der Waals surface area contributed by atoms with Crippen molar-refractivity contribution >= 4 is 17.7 Å². The Morgan fingerprint density at radius 2 is 1.84 bits per heavy atom. The van der Waals surface area contributed by atoms with Gasteiger partial charge in [0.15, 0.2) is 5.78 Å². The number of carboxylic acid groups (broad SMARTS) is 1. The van der Waals surface area contributed by atoms with E-state index in [1.54, 1.807) is 42.7 Å². The number of hydrogen-bond donors (Lipinski definition) is 2. The quantitative estimate of drug-likeness (QED) is 0.803. The molecule has 3 rings (SSSR count). The minimum atomic E-state index is -0.972. The highest BCUT2D eigenvalue weighted by Crippen LogP contribution is 2.17. The van der Waals surface area contributed by atoms with Crippen molar-refractivity contribution in [2.24, 2.45) is 0 Å². The van der Waals surface area contributed by atoms with Crippen LogP contribution in [0.25, 0.3) is 0 Å². The average molecular weight is 342 g/mol. The number of aliphatic carboxylic acids is 1. The lowest BCUT2D eigenvalue weighted by molar-refractivity contribution is -0.139. The number of amides is 1. The number of nitrogens with one attached hydrogen (secondary N) is 1. The van der Waals surface area contributed by atoms with Crippen LogP contribution in [0.15, 0.2) is 42.7 Å². The Morgan fingerprint density at radius 3 is 2.48 bits per heavy atom. The van der Waals surface area contributed by atoms with Crippen molar-refractivity contribution in [2.75, 3.05) is 19.8 Å². The number of morpholine rings is 1. The van der Waals surface area contributed by atoms with Crippen LogP contribution in [0, 0.1) is 0 Å². The maximum atomic E-state index is 12.7. The third kappa shape index (κ3) is 3.77. The summed E-state index contributed by atoms with van der Waals surface area (Å²) in [7, 11) is 0. The van der Waals surface area contributed by atoms with Gasteiger partial charge in [0.2, 0.25) is 0 Å². The first kappa shape index (κ1) is 16.9. The van der Waals surface area contributed by atoms with E-state index in [9.17, 15) is 14.4 Å². The number of carbonyl (C=O) groups excluding carboxylic acids is 2. The van der Waals surface area contributed by atoms with Gasteiger partial charge in [-0.2, -0.15) is 0 Å². The van der Waals surface area contributed by atoms with Gasteiger partial charge in [0.25, 0.3) is 5.91 Å². The van der Waals surface area contributed by atoms with Crippen LogP contribution in [0.3, 0.4) is 0 Å². The van der Waals surface area contributed by atoms with Crippen molar-refractivity contribution < 1.29 is 24.2 Å². The summed E-state index contributed by atoms with van der Waals surface area (Å²) >= 11 is 0. The lowest BCUT2D eigenvalue weighted by Crippen LogP contribution is -2.49. The molecule has 1 aromatic heterocycles. The summed E-state index contributed by atoms with van der Waals surface area (Å²) in [6.45, 7) is 0.939. The van der Waals surface area contributed by atoms with Crippen LogP contribution in [0.2, 0.25) is 0 Å². The fourth-order valence-electron chi connectivity index (χ4n) is 2.85. The topological polar surface area (TPSA) is 99.7 Å². The van der Waals surface area contributed by atoms with E-state index in [0.717, 1.165) is 0 Å². The van der Waals surface area contributed by atoms with Crippen LogP contribution >= 0.6 is 0 Å². The van der Waals surface area contributed by atoms with E-state index in [4.69, 9.17) is 9.84 Å². The van der Waals surface area contributed by atoms with Gasteiger partial charge in [-0.3, -0.25) is 14.4 Å². The fraction of sp³-hybridized carbons (Fsp3) is 0.278. The van der Waals surface area contributed by atoms with Crippen LogP contribution in [-0.4, -0.2) is 58.5 Å². The first-order valence-corrected chi connectivity index (χ1v) is 7.94. The Bertz CT molecular complexity index is 767. The van der Waals surface area contributed by atoms with Crippen LogP contribution in [0.5, 0.6) is 0 Å². The zero-order valence-electron chi connectivity index (χ0n) is 13.5. The molecular weight excluding hydrogens is 324 g/mol. The number of aromatic amines is 1. The van der Waals surface area contributed by atoms with Crippen LogP contribution in [0.4, 0.5) is 0 Å². The SMILES string of the molecule is O=C(O)C[C@H]1COCCN1C(=O)c1ccc(C(=O)c2cc[nH]c2)cc1. The van der Waals surface area contributed by atoms with Crippen molar-refractivity contribution in [3.05, 3.63) is 59.4 Å². The van der Waals surface area contributed by atoms with Gasteiger partial charge in [-0.05, 0) is 18.2 Å². The van der Waals surface area contributed by atoms with E-state index in [0.29, 0.717) is 29.8 Å². The minimum absolute atomic E-state index is 0.129. The van der Waals surface area contributed by atoms with Gasteiger partial charge in [-0.15, -0.1) is 0 Å². The average Bonchev–Trinajstić information content (AvgIpc) is 3.15. The number of hydrogen-bond acceptors (Lipinski definition) is 4. The molecule has 7 heteroatoms. The molecule has 25 heavy (non-hydrogen) atoms. The first-order chi connectivity index (χ1) is 12.1. The van der Waals surface area contributed by atoms with Crippen molar-refractivity contribution in [3.63, 3.8) is 0 Å². The third-order valence-electron chi connectivity index (χ3n) is 4.15. The highest BCUT2D eigenvalue weighted by molar-refractivity contribution is 6.09. The summed E-state index contributed by atoms with van der Waals surface area (Å²) in [5.74, 6) is -1.36. The standard InChI is InChI=1S/C18H18N2O5/c21-16(22)9-15-11-25-8-7-20(15)18(24)13-3-1-12(2-4-13)17(23)14-5-6-19-10-14/h1-6,10,15,19H,7-9,11H2,(H,21,22)/t15-/m0/s1. The van der Waals surface area contributed by atoms with Gasteiger partial charge >= 0.3 is 5.97 Å². The second-order valence-corrected chi connectivity index (χ2v) is 5.83. The second kappa shape index (κ2) is 7.31. The zero-order valence-corrected chi connectivity index (χ0v) is 13.5. The second-order valence-electron chi connectivity index (χ2n) is 5.83. The number of ketones is 1. The molecule has 1 aliphatic heterocycles. The summed E-state index contributed by atoms with van der Waals surface area (Å²) in [6, 6.07) is 7.60. The number of carbonyl (C=O) groups is 3. The Hall–Kier alpha value is -2.93. The van der Waals surface area contributed by atoms with Gasteiger partial charge in [0.05, 0.1) is 25.7 Å². The van der Waals surface area contributed by atoms with Crippen molar-refractivity contribution in [1.29, 1.82) is 0 Å². The number of rotatable bonds is 5.